The number of nitrogens with zero attached hydrogens (tertiary/aromatic N) is 3. The lowest BCUT2D eigenvalue weighted by atomic mass is 10.3. The van der Waals surface area contributed by atoms with E-state index in [1.807, 2.05) is 6.19 Å². The molecule has 0 bridgehead atoms. The number of nitrogens with one attached hydrogen (secondary N) is 1. The molecule has 2 aromatic carbocycles. The first-order chi connectivity index (χ1) is 11.1. The van der Waals surface area contributed by atoms with Gasteiger partial charge >= 0.3 is 5.69 Å². The predicted octanol–water partition coefficient (Wildman–Crippen LogP) is 3.81. The van der Waals surface area contributed by atoms with Crippen molar-refractivity contribution in [1.29, 1.82) is 5.26 Å². The van der Waals surface area contributed by atoms with Gasteiger partial charge in [-0.25, -0.2) is 4.99 Å². The van der Waals surface area contributed by atoms with Crippen LogP contribution in [0.5, 0.6) is 11.5 Å². The van der Waals surface area contributed by atoms with Gasteiger partial charge in [-0.1, -0.05) is 23.9 Å². The summed E-state index contributed by atoms with van der Waals surface area (Å²) < 4.78 is 5.54. The summed E-state index contributed by atoms with van der Waals surface area (Å²) >= 11 is 1.31. The van der Waals surface area contributed by atoms with Crippen molar-refractivity contribution in [2.75, 3.05) is 6.26 Å². The zero-order valence-corrected chi connectivity index (χ0v) is 12.9. The van der Waals surface area contributed by atoms with E-state index in [-0.39, 0.29) is 11.4 Å². The molecule has 0 saturated heterocycles. The van der Waals surface area contributed by atoms with Crippen molar-refractivity contribution < 1.29 is 9.66 Å². The average Bonchev–Trinajstić information content (AvgIpc) is 2.56. The van der Waals surface area contributed by atoms with Gasteiger partial charge in [-0.15, -0.1) is 0 Å². The van der Waals surface area contributed by atoms with Crippen molar-refractivity contribution in [3.63, 3.8) is 0 Å². The maximum absolute atomic E-state index is 11.0. The first-order valence-corrected chi connectivity index (χ1v) is 7.65. The number of aliphatic imine (C=N–C) groups is 1. The zero-order chi connectivity index (χ0) is 16.7. The lowest BCUT2D eigenvalue weighted by molar-refractivity contribution is -0.385. The third-order valence-corrected chi connectivity index (χ3v) is 3.29. The van der Waals surface area contributed by atoms with Crippen LogP contribution in [-0.4, -0.2) is 16.3 Å². The van der Waals surface area contributed by atoms with Gasteiger partial charge in [0.05, 0.1) is 10.6 Å². The molecule has 7 nitrogen and oxygen atoms in total. The number of nitro benzene ring substituents is 1. The van der Waals surface area contributed by atoms with Crippen molar-refractivity contribution in [1.82, 2.24) is 5.32 Å². The molecule has 2 rings (SSSR count). The first kappa shape index (κ1) is 16.3. The van der Waals surface area contributed by atoms with Crippen LogP contribution in [0.3, 0.4) is 0 Å². The number of para-hydroxylation sites is 2. The normalized spacial score (nSPS) is 10.7. The Morgan fingerprint density at radius 2 is 2.00 bits per heavy atom. The molecule has 2 aromatic rings. The molecule has 0 unspecified atom stereocenters. The Bertz CT molecular complexity index is 769. The molecule has 0 aliphatic carbocycles. The maximum Gasteiger partial charge on any atom is 0.311 e. The smallest absolute Gasteiger partial charge is 0.311 e. The Labute approximate surface area is 136 Å². The van der Waals surface area contributed by atoms with E-state index < -0.39 is 4.92 Å². The molecule has 0 fully saturated rings. The summed E-state index contributed by atoms with van der Waals surface area (Å²) in [6.07, 6.45) is 3.61. The van der Waals surface area contributed by atoms with Crippen molar-refractivity contribution in [2.45, 2.75) is 0 Å². The summed E-state index contributed by atoms with van der Waals surface area (Å²) in [5.74, 6) is 0.627. The number of benzene rings is 2. The van der Waals surface area contributed by atoms with E-state index in [4.69, 9.17) is 10.00 Å². The predicted molar refractivity (Wildman–Crippen MR) is 89.0 cm³/mol. The summed E-state index contributed by atoms with van der Waals surface area (Å²) in [5, 5.41) is 22.5. The molecule has 0 aliphatic rings. The monoisotopic (exact) mass is 328 g/mol. The van der Waals surface area contributed by atoms with Crippen LogP contribution in [-0.2, 0) is 0 Å². The molecule has 0 spiro atoms. The first-order valence-electron chi connectivity index (χ1n) is 6.43. The molecule has 23 heavy (non-hydrogen) atoms. The lowest BCUT2D eigenvalue weighted by Gasteiger charge is -2.06. The second-order valence-corrected chi connectivity index (χ2v) is 4.97. The Morgan fingerprint density at radius 1 is 1.30 bits per heavy atom. The molecule has 0 saturated carbocycles. The fourth-order valence-corrected chi connectivity index (χ4v) is 2.04. The minimum absolute atomic E-state index is 0.0995. The van der Waals surface area contributed by atoms with Crippen molar-refractivity contribution >= 4 is 28.3 Å². The van der Waals surface area contributed by atoms with Gasteiger partial charge < -0.3 is 4.74 Å². The van der Waals surface area contributed by atoms with Crippen LogP contribution in [0.15, 0.2) is 53.5 Å². The van der Waals surface area contributed by atoms with E-state index in [0.717, 1.165) is 0 Å². The Kier molecular flexibility index (Phi) is 5.55. The third-order valence-electron chi connectivity index (χ3n) is 2.71. The van der Waals surface area contributed by atoms with E-state index >= 15 is 0 Å². The SMILES string of the molecule is CSC(=Nc1ccc(Oc2ccccc2[N+](=O)[O-])cc1)NC#N. The topological polar surface area (TPSA) is 101 Å². The molecule has 1 N–H and O–H groups in total. The summed E-state index contributed by atoms with van der Waals surface area (Å²) in [6.45, 7) is 0. The molecule has 8 heteroatoms. The van der Waals surface area contributed by atoms with Crippen molar-refractivity contribution in [2.24, 2.45) is 4.99 Å². The lowest BCUT2D eigenvalue weighted by Crippen LogP contribution is -2.12. The summed E-state index contributed by atoms with van der Waals surface area (Å²) in [6, 6.07) is 12.9. The van der Waals surface area contributed by atoms with Gasteiger partial charge in [-0.3, -0.25) is 15.4 Å². The number of nitriles is 1. The van der Waals surface area contributed by atoms with Crippen LogP contribution in [0.2, 0.25) is 0 Å². The summed E-state index contributed by atoms with van der Waals surface area (Å²) in [5.41, 5.74) is 0.532. The van der Waals surface area contributed by atoms with Crippen LogP contribution in [0.1, 0.15) is 0 Å². The number of ether oxygens (including phenoxy) is 1. The van der Waals surface area contributed by atoms with E-state index in [9.17, 15) is 10.1 Å². The van der Waals surface area contributed by atoms with E-state index in [1.54, 1.807) is 42.7 Å². The van der Waals surface area contributed by atoms with Gasteiger partial charge in [0.15, 0.2) is 11.4 Å². The average molecular weight is 328 g/mol. The van der Waals surface area contributed by atoms with E-state index in [0.29, 0.717) is 16.6 Å². The highest BCUT2D eigenvalue weighted by molar-refractivity contribution is 8.13. The molecule has 0 aromatic heterocycles. The number of nitro groups is 1. The highest BCUT2D eigenvalue weighted by Crippen LogP contribution is 2.31. The fraction of sp³-hybridized carbons (Fsp3) is 0.0667. The highest BCUT2D eigenvalue weighted by Gasteiger charge is 2.14. The second kappa shape index (κ2) is 7.82. The number of thioether (sulfide) groups is 1. The Morgan fingerprint density at radius 3 is 2.61 bits per heavy atom. The van der Waals surface area contributed by atoms with Gasteiger partial charge in [-0.05, 0) is 36.6 Å². The third kappa shape index (κ3) is 4.46. The second-order valence-electron chi connectivity index (χ2n) is 4.18. The van der Waals surface area contributed by atoms with Crippen LogP contribution in [0.25, 0.3) is 0 Å². The van der Waals surface area contributed by atoms with Crippen LogP contribution < -0.4 is 10.1 Å². The van der Waals surface area contributed by atoms with Crippen LogP contribution in [0.4, 0.5) is 11.4 Å². The molecule has 0 aliphatic heterocycles. The van der Waals surface area contributed by atoms with Gasteiger partial charge in [-0.2, -0.15) is 5.26 Å². The minimum atomic E-state index is -0.494. The Hall–Kier alpha value is -3.05. The fourth-order valence-electron chi connectivity index (χ4n) is 1.70. The molecule has 0 atom stereocenters. The minimum Gasteiger partial charge on any atom is -0.450 e. The molecular formula is C15H12N4O3S. The highest BCUT2D eigenvalue weighted by atomic mass is 32.2. The summed E-state index contributed by atoms with van der Waals surface area (Å²) in [7, 11) is 0. The van der Waals surface area contributed by atoms with Gasteiger partial charge in [0.1, 0.15) is 5.75 Å². The molecule has 0 amide bonds. The van der Waals surface area contributed by atoms with Gasteiger partial charge in [0, 0.05) is 6.07 Å². The summed E-state index contributed by atoms with van der Waals surface area (Å²) in [4.78, 5) is 14.7. The molecular weight excluding hydrogens is 316 g/mol. The number of rotatable bonds is 4. The zero-order valence-electron chi connectivity index (χ0n) is 12.1. The molecule has 116 valence electrons. The van der Waals surface area contributed by atoms with Crippen molar-refractivity contribution in [3.8, 4) is 17.7 Å². The largest absolute Gasteiger partial charge is 0.450 e. The van der Waals surface area contributed by atoms with Gasteiger partial charge in [0.25, 0.3) is 0 Å². The van der Waals surface area contributed by atoms with Crippen molar-refractivity contribution in [3.05, 3.63) is 58.6 Å². The number of hydrogen-bond donors (Lipinski definition) is 1. The van der Waals surface area contributed by atoms with Crippen LogP contribution in [0, 0.1) is 21.6 Å². The quantitative estimate of drug-likeness (QED) is 0.229. The number of hydrogen-bond acceptors (Lipinski definition) is 6. The van der Waals surface area contributed by atoms with Crippen LogP contribution >= 0.6 is 11.8 Å². The number of amidine groups is 1. The van der Waals surface area contributed by atoms with E-state index in [2.05, 4.69) is 10.3 Å². The standard InChI is InChI=1S/C15H12N4O3S/c1-23-15(17-10-16)18-11-6-8-12(9-7-11)22-14-5-3-2-4-13(14)19(20)21/h2-9H,1H3,(H,17,18). The van der Waals surface area contributed by atoms with E-state index in [1.165, 1.54) is 23.9 Å². The van der Waals surface area contributed by atoms with Gasteiger partial charge in [0.2, 0.25) is 5.75 Å². The maximum atomic E-state index is 11.0. The molecule has 0 radical (unpaired) electrons. The molecule has 0 heterocycles. The Balaban J connectivity index is 2.18.